The van der Waals surface area contributed by atoms with E-state index >= 15 is 0 Å². The number of aryl methyl sites for hydroxylation is 1. The number of rotatable bonds is 14. The van der Waals surface area contributed by atoms with E-state index in [1.807, 2.05) is 19.1 Å². The molecule has 0 spiro atoms. The molecule has 7 nitrogen and oxygen atoms in total. The van der Waals surface area contributed by atoms with Crippen LogP contribution in [0.25, 0.3) is 0 Å². The molecule has 1 saturated heterocycles. The summed E-state index contributed by atoms with van der Waals surface area (Å²) in [7, 11) is 0. The van der Waals surface area contributed by atoms with E-state index in [1.165, 1.54) is 38.8 Å². The van der Waals surface area contributed by atoms with Gasteiger partial charge < -0.3 is 20.7 Å². The Bertz CT molecular complexity index is 895. The van der Waals surface area contributed by atoms with Crippen molar-refractivity contribution < 1.29 is 9.53 Å². The van der Waals surface area contributed by atoms with Crippen LogP contribution < -0.4 is 11.1 Å². The highest BCUT2D eigenvalue weighted by Crippen LogP contribution is 2.22. The molecule has 3 N–H and O–H groups in total. The number of benzene rings is 1. The average Bonchev–Trinajstić information content (AvgIpc) is 3.33. The highest BCUT2D eigenvalue weighted by molar-refractivity contribution is 5.72. The SMILES string of the molecule is CCCCCNc1nc(N)nc(C)c1Cc1ccc(CC(=O)OCCCCN2CCCC2)cc1. The van der Waals surface area contributed by atoms with Gasteiger partial charge in [-0.25, -0.2) is 4.98 Å². The Labute approximate surface area is 204 Å². The van der Waals surface area contributed by atoms with Gasteiger partial charge in [0.05, 0.1) is 13.0 Å². The van der Waals surface area contributed by atoms with Crippen LogP contribution in [0.2, 0.25) is 0 Å². The van der Waals surface area contributed by atoms with Gasteiger partial charge in [0, 0.05) is 24.2 Å². The largest absolute Gasteiger partial charge is 0.465 e. The molecule has 1 aliphatic rings. The predicted molar refractivity (Wildman–Crippen MR) is 138 cm³/mol. The Hall–Kier alpha value is -2.67. The number of nitrogens with two attached hydrogens (primary N) is 1. The number of nitrogens with zero attached hydrogens (tertiary/aromatic N) is 3. The fourth-order valence-corrected chi connectivity index (χ4v) is 4.38. The lowest BCUT2D eigenvalue weighted by molar-refractivity contribution is -0.142. The molecule has 7 heteroatoms. The van der Waals surface area contributed by atoms with Crippen LogP contribution in [0.5, 0.6) is 0 Å². The summed E-state index contributed by atoms with van der Waals surface area (Å²) in [5, 5.41) is 3.44. The molecule has 0 amide bonds. The summed E-state index contributed by atoms with van der Waals surface area (Å²) < 4.78 is 5.44. The lowest BCUT2D eigenvalue weighted by atomic mass is 10.0. The second kappa shape index (κ2) is 13.9. The molecule has 3 rings (SSSR count). The Balaban J connectivity index is 1.46. The van der Waals surface area contributed by atoms with Crippen molar-refractivity contribution in [2.75, 3.05) is 43.8 Å². The number of ether oxygens (including phenoxy) is 1. The van der Waals surface area contributed by atoms with E-state index in [-0.39, 0.29) is 5.97 Å². The summed E-state index contributed by atoms with van der Waals surface area (Å²) in [4.78, 5) is 23.5. The number of likely N-dealkylation sites (tertiary alicyclic amines) is 1. The van der Waals surface area contributed by atoms with Crippen molar-refractivity contribution in [2.45, 2.75) is 71.6 Å². The quantitative estimate of drug-likeness (QED) is 0.312. The zero-order valence-electron chi connectivity index (χ0n) is 20.9. The zero-order chi connectivity index (χ0) is 24.2. The third kappa shape index (κ3) is 8.60. The van der Waals surface area contributed by atoms with Crippen LogP contribution in [0.15, 0.2) is 24.3 Å². The molecule has 1 aromatic heterocycles. The van der Waals surface area contributed by atoms with E-state index in [0.29, 0.717) is 25.4 Å². The molecule has 0 radical (unpaired) electrons. The fraction of sp³-hybridized carbons (Fsp3) is 0.593. The van der Waals surface area contributed by atoms with Gasteiger partial charge in [-0.1, -0.05) is 44.0 Å². The van der Waals surface area contributed by atoms with E-state index in [1.54, 1.807) is 0 Å². The normalized spacial score (nSPS) is 13.8. The predicted octanol–water partition coefficient (Wildman–Crippen LogP) is 4.52. The lowest BCUT2D eigenvalue weighted by Crippen LogP contribution is -2.20. The van der Waals surface area contributed by atoms with Gasteiger partial charge in [-0.15, -0.1) is 0 Å². The molecule has 0 bridgehead atoms. The molecule has 34 heavy (non-hydrogen) atoms. The number of carbonyl (C=O) groups is 1. The topological polar surface area (TPSA) is 93.4 Å². The van der Waals surface area contributed by atoms with Crippen molar-refractivity contribution in [3.05, 3.63) is 46.6 Å². The highest BCUT2D eigenvalue weighted by atomic mass is 16.5. The second-order valence-electron chi connectivity index (χ2n) is 9.27. The highest BCUT2D eigenvalue weighted by Gasteiger charge is 2.13. The van der Waals surface area contributed by atoms with Gasteiger partial charge in [0.2, 0.25) is 5.95 Å². The van der Waals surface area contributed by atoms with Crippen molar-refractivity contribution in [2.24, 2.45) is 0 Å². The molecular formula is C27H41N5O2. The van der Waals surface area contributed by atoms with Crippen LogP contribution in [0.1, 0.15) is 74.3 Å². The van der Waals surface area contributed by atoms with Gasteiger partial charge >= 0.3 is 5.97 Å². The lowest BCUT2D eigenvalue weighted by Gasteiger charge is -2.14. The summed E-state index contributed by atoms with van der Waals surface area (Å²) >= 11 is 0. The number of esters is 1. The molecule has 0 unspecified atom stereocenters. The third-order valence-electron chi connectivity index (χ3n) is 6.39. The first-order valence-electron chi connectivity index (χ1n) is 12.9. The van der Waals surface area contributed by atoms with E-state index in [9.17, 15) is 4.79 Å². The summed E-state index contributed by atoms with van der Waals surface area (Å²) in [6, 6.07) is 8.14. The van der Waals surface area contributed by atoms with E-state index in [0.717, 1.165) is 60.6 Å². The molecule has 0 atom stereocenters. The van der Waals surface area contributed by atoms with Gasteiger partial charge in [0.25, 0.3) is 0 Å². The maximum atomic E-state index is 12.2. The minimum atomic E-state index is -0.157. The first-order chi connectivity index (χ1) is 16.5. The zero-order valence-corrected chi connectivity index (χ0v) is 20.9. The van der Waals surface area contributed by atoms with Gasteiger partial charge in [-0.05, 0) is 69.8 Å². The van der Waals surface area contributed by atoms with Crippen LogP contribution in [0.3, 0.4) is 0 Å². The average molecular weight is 468 g/mol. The molecule has 186 valence electrons. The summed E-state index contributed by atoms with van der Waals surface area (Å²) in [6.07, 6.45) is 9.14. The van der Waals surface area contributed by atoms with E-state index in [4.69, 9.17) is 10.5 Å². The van der Waals surface area contributed by atoms with E-state index < -0.39 is 0 Å². The molecule has 2 heterocycles. The van der Waals surface area contributed by atoms with Crippen LogP contribution >= 0.6 is 0 Å². The number of aromatic nitrogens is 2. The van der Waals surface area contributed by atoms with Crippen molar-refractivity contribution in [1.29, 1.82) is 0 Å². The number of nitrogens with one attached hydrogen (secondary N) is 1. The van der Waals surface area contributed by atoms with Gasteiger partial charge in [0.15, 0.2) is 0 Å². The maximum Gasteiger partial charge on any atom is 0.310 e. The molecule has 0 aliphatic carbocycles. The summed E-state index contributed by atoms with van der Waals surface area (Å²) in [5.41, 5.74) is 9.96. The Morgan fingerprint density at radius 3 is 2.53 bits per heavy atom. The van der Waals surface area contributed by atoms with Crippen molar-refractivity contribution >= 4 is 17.7 Å². The van der Waals surface area contributed by atoms with Gasteiger partial charge in [0.1, 0.15) is 5.82 Å². The molecule has 1 fully saturated rings. The number of hydrogen-bond acceptors (Lipinski definition) is 7. The standard InChI is InChI=1S/C27H41N5O2/c1-3-4-5-14-29-26-24(21(2)30-27(28)31-26)19-22-10-12-23(13-11-22)20-25(33)34-18-9-8-17-32-15-6-7-16-32/h10-13H,3-9,14-20H2,1-2H3,(H3,28,29,30,31). The van der Waals surface area contributed by atoms with Crippen LogP contribution in [-0.2, 0) is 22.4 Å². The van der Waals surface area contributed by atoms with Gasteiger partial charge in [-0.3, -0.25) is 4.79 Å². The van der Waals surface area contributed by atoms with Crippen molar-refractivity contribution in [1.82, 2.24) is 14.9 Å². The first kappa shape index (κ1) is 25.9. The maximum absolute atomic E-state index is 12.2. The number of hydrogen-bond donors (Lipinski definition) is 2. The summed E-state index contributed by atoms with van der Waals surface area (Å²) in [5.74, 6) is 0.956. The van der Waals surface area contributed by atoms with E-state index in [2.05, 4.69) is 39.2 Å². The third-order valence-corrected chi connectivity index (χ3v) is 6.39. The molecule has 2 aromatic rings. The molecular weight excluding hydrogens is 426 g/mol. The first-order valence-corrected chi connectivity index (χ1v) is 12.9. The minimum absolute atomic E-state index is 0.157. The second-order valence-corrected chi connectivity index (χ2v) is 9.27. The van der Waals surface area contributed by atoms with Gasteiger partial charge in [-0.2, -0.15) is 4.98 Å². The number of anilines is 2. The summed E-state index contributed by atoms with van der Waals surface area (Å²) in [6.45, 7) is 9.10. The molecule has 1 aromatic carbocycles. The van der Waals surface area contributed by atoms with Crippen molar-refractivity contribution in [3.63, 3.8) is 0 Å². The molecule has 0 saturated carbocycles. The van der Waals surface area contributed by atoms with Crippen LogP contribution in [0, 0.1) is 6.92 Å². The Morgan fingerprint density at radius 2 is 1.79 bits per heavy atom. The Morgan fingerprint density at radius 1 is 1.06 bits per heavy atom. The number of unbranched alkanes of at least 4 members (excludes halogenated alkanes) is 3. The van der Waals surface area contributed by atoms with Crippen LogP contribution in [-0.4, -0.2) is 53.6 Å². The minimum Gasteiger partial charge on any atom is -0.465 e. The number of carbonyl (C=O) groups excluding carboxylic acids is 1. The molecule has 1 aliphatic heterocycles. The van der Waals surface area contributed by atoms with Crippen LogP contribution in [0.4, 0.5) is 11.8 Å². The van der Waals surface area contributed by atoms with Crippen molar-refractivity contribution in [3.8, 4) is 0 Å². The smallest absolute Gasteiger partial charge is 0.310 e. The fourth-order valence-electron chi connectivity index (χ4n) is 4.38. The monoisotopic (exact) mass is 467 g/mol. The Kier molecular flexibility index (Phi) is 10.6. The number of nitrogen functional groups attached to an aromatic ring is 1.